The molecular weight excluding hydrogens is 228 g/mol. The number of thioether (sulfide) groups is 1. The predicted octanol–water partition coefficient (Wildman–Crippen LogP) is 4.02. The molecule has 0 aliphatic heterocycles. The van der Waals surface area contributed by atoms with Crippen molar-refractivity contribution in [3.05, 3.63) is 30.1 Å². The van der Waals surface area contributed by atoms with Gasteiger partial charge in [0.15, 0.2) is 0 Å². The molecule has 0 bridgehead atoms. The van der Waals surface area contributed by atoms with Crippen LogP contribution in [-0.2, 0) is 0 Å². The second kappa shape index (κ2) is 5.41. The van der Waals surface area contributed by atoms with E-state index in [0.29, 0.717) is 0 Å². The zero-order valence-electron chi connectivity index (χ0n) is 10.4. The van der Waals surface area contributed by atoms with E-state index in [1.165, 1.54) is 23.1 Å². The van der Waals surface area contributed by atoms with Gasteiger partial charge in [-0.15, -0.1) is 11.8 Å². The van der Waals surface area contributed by atoms with Crippen LogP contribution in [0.15, 0.2) is 29.3 Å². The van der Waals surface area contributed by atoms with Crippen LogP contribution < -0.4 is 5.73 Å². The van der Waals surface area contributed by atoms with Crippen LogP contribution in [0.25, 0.3) is 10.8 Å². The van der Waals surface area contributed by atoms with E-state index in [2.05, 4.69) is 24.0 Å². The first-order valence-corrected chi connectivity index (χ1v) is 6.98. The highest BCUT2D eigenvalue weighted by Crippen LogP contribution is 2.31. The Morgan fingerprint density at radius 1 is 1.29 bits per heavy atom. The van der Waals surface area contributed by atoms with Crippen molar-refractivity contribution in [1.29, 1.82) is 0 Å². The van der Waals surface area contributed by atoms with Gasteiger partial charge in [0, 0.05) is 33.2 Å². The molecule has 2 rings (SSSR count). The number of hydrogen-bond donors (Lipinski definition) is 1. The van der Waals surface area contributed by atoms with Crippen LogP contribution >= 0.6 is 11.8 Å². The lowest BCUT2D eigenvalue weighted by Crippen LogP contribution is -1.91. The van der Waals surface area contributed by atoms with E-state index in [1.807, 2.05) is 30.9 Å². The fourth-order valence-electron chi connectivity index (χ4n) is 1.79. The number of anilines is 1. The van der Waals surface area contributed by atoms with Crippen molar-refractivity contribution in [3.8, 4) is 0 Å². The van der Waals surface area contributed by atoms with E-state index in [-0.39, 0.29) is 0 Å². The molecule has 0 aliphatic rings. The molecule has 1 aromatic heterocycles. The summed E-state index contributed by atoms with van der Waals surface area (Å²) in [6.07, 6.45) is 4.37. The van der Waals surface area contributed by atoms with Gasteiger partial charge in [0.2, 0.25) is 0 Å². The minimum atomic E-state index is 0.812. The maximum atomic E-state index is 5.98. The molecule has 2 nitrogen and oxygen atoms in total. The number of aryl methyl sites for hydroxylation is 1. The largest absolute Gasteiger partial charge is 0.398 e. The van der Waals surface area contributed by atoms with Gasteiger partial charge in [-0.2, -0.15) is 0 Å². The number of aromatic nitrogens is 1. The van der Waals surface area contributed by atoms with Crippen molar-refractivity contribution < 1.29 is 0 Å². The maximum absolute atomic E-state index is 5.98. The number of nitrogen functional groups attached to an aromatic ring is 1. The molecule has 90 valence electrons. The second-order valence-electron chi connectivity index (χ2n) is 4.23. The van der Waals surface area contributed by atoms with Gasteiger partial charge in [-0.3, -0.25) is 4.98 Å². The number of unbranched alkanes of at least 4 members (excludes halogenated alkanes) is 1. The zero-order chi connectivity index (χ0) is 12.3. The Kier molecular flexibility index (Phi) is 3.89. The molecule has 0 fully saturated rings. The summed E-state index contributed by atoms with van der Waals surface area (Å²) in [6, 6.07) is 6.23. The van der Waals surface area contributed by atoms with Crippen LogP contribution in [0.2, 0.25) is 0 Å². The molecule has 2 N–H and O–H groups in total. The van der Waals surface area contributed by atoms with E-state index >= 15 is 0 Å². The van der Waals surface area contributed by atoms with Gasteiger partial charge in [-0.25, -0.2) is 0 Å². The summed E-state index contributed by atoms with van der Waals surface area (Å²) in [7, 11) is 0. The Morgan fingerprint density at radius 3 is 2.88 bits per heavy atom. The fourth-order valence-corrected chi connectivity index (χ4v) is 2.93. The van der Waals surface area contributed by atoms with Crippen LogP contribution in [0.4, 0.5) is 5.69 Å². The molecule has 0 unspecified atom stereocenters. The van der Waals surface area contributed by atoms with Crippen LogP contribution in [0.5, 0.6) is 0 Å². The second-order valence-corrected chi connectivity index (χ2v) is 5.36. The lowest BCUT2D eigenvalue weighted by Gasteiger charge is -2.08. The van der Waals surface area contributed by atoms with Crippen molar-refractivity contribution in [1.82, 2.24) is 4.98 Å². The predicted molar refractivity (Wildman–Crippen MR) is 76.5 cm³/mol. The quantitative estimate of drug-likeness (QED) is 0.503. The molecule has 1 heterocycles. The average molecular weight is 246 g/mol. The molecular formula is C14H18N2S. The first-order chi connectivity index (χ1) is 8.22. The summed E-state index contributed by atoms with van der Waals surface area (Å²) in [4.78, 5) is 5.63. The SMILES string of the molecule is CCCCSc1ccc(N)c2cnc(C)cc12. The number of hydrogen-bond acceptors (Lipinski definition) is 3. The summed E-state index contributed by atoms with van der Waals surface area (Å²) < 4.78 is 0. The number of fused-ring (bicyclic) bond motifs is 1. The van der Waals surface area contributed by atoms with Crippen LogP contribution in [0.1, 0.15) is 25.5 Å². The molecule has 0 atom stereocenters. The zero-order valence-corrected chi connectivity index (χ0v) is 11.2. The minimum absolute atomic E-state index is 0.812. The Morgan fingerprint density at radius 2 is 2.12 bits per heavy atom. The molecule has 17 heavy (non-hydrogen) atoms. The number of rotatable bonds is 4. The van der Waals surface area contributed by atoms with Crippen molar-refractivity contribution in [2.45, 2.75) is 31.6 Å². The topological polar surface area (TPSA) is 38.9 Å². The van der Waals surface area contributed by atoms with Gasteiger partial charge >= 0.3 is 0 Å². The number of nitrogens with zero attached hydrogens (tertiary/aromatic N) is 1. The fraction of sp³-hybridized carbons (Fsp3) is 0.357. The van der Waals surface area contributed by atoms with Gasteiger partial charge < -0.3 is 5.73 Å². The smallest absolute Gasteiger partial charge is 0.0410 e. The highest BCUT2D eigenvalue weighted by atomic mass is 32.2. The van der Waals surface area contributed by atoms with Crippen molar-refractivity contribution in [2.24, 2.45) is 0 Å². The van der Waals surface area contributed by atoms with Crippen LogP contribution in [0, 0.1) is 6.92 Å². The van der Waals surface area contributed by atoms with E-state index in [4.69, 9.17) is 5.73 Å². The molecule has 0 amide bonds. The molecule has 0 aliphatic carbocycles. The molecule has 1 aromatic carbocycles. The first kappa shape index (κ1) is 12.2. The average Bonchev–Trinajstić information content (AvgIpc) is 2.32. The van der Waals surface area contributed by atoms with Crippen molar-refractivity contribution in [2.75, 3.05) is 11.5 Å². The summed E-state index contributed by atoms with van der Waals surface area (Å²) in [5.74, 6) is 1.16. The number of nitrogens with two attached hydrogens (primary N) is 1. The van der Waals surface area contributed by atoms with Gasteiger partial charge in [0.25, 0.3) is 0 Å². The van der Waals surface area contributed by atoms with E-state index in [1.54, 1.807) is 0 Å². The summed E-state index contributed by atoms with van der Waals surface area (Å²) in [6.45, 7) is 4.23. The highest BCUT2D eigenvalue weighted by molar-refractivity contribution is 7.99. The summed E-state index contributed by atoms with van der Waals surface area (Å²) in [5, 5.41) is 2.30. The monoisotopic (exact) mass is 246 g/mol. The lowest BCUT2D eigenvalue weighted by molar-refractivity contribution is 0.896. The third-order valence-electron chi connectivity index (χ3n) is 2.79. The third-order valence-corrected chi connectivity index (χ3v) is 3.95. The van der Waals surface area contributed by atoms with Crippen molar-refractivity contribution >= 4 is 28.2 Å². The first-order valence-electron chi connectivity index (χ1n) is 6.00. The Balaban J connectivity index is 2.41. The Hall–Kier alpha value is -1.22. The van der Waals surface area contributed by atoms with Gasteiger partial charge in [0.1, 0.15) is 0 Å². The number of pyridine rings is 1. The van der Waals surface area contributed by atoms with E-state index in [9.17, 15) is 0 Å². The van der Waals surface area contributed by atoms with Gasteiger partial charge in [-0.05, 0) is 37.3 Å². The standard InChI is InChI=1S/C14H18N2S/c1-3-4-7-17-14-6-5-13(15)12-9-16-10(2)8-11(12)14/h5-6,8-9H,3-4,7,15H2,1-2H3. The summed E-state index contributed by atoms with van der Waals surface area (Å²) in [5.41, 5.74) is 7.84. The molecule has 0 spiro atoms. The Bertz CT molecular complexity index is 523. The molecule has 2 aromatic rings. The van der Waals surface area contributed by atoms with Gasteiger partial charge in [0.05, 0.1) is 0 Å². The Labute approximate surface area is 107 Å². The third kappa shape index (κ3) is 2.72. The van der Waals surface area contributed by atoms with Gasteiger partial charge in [-0.1, -0.05) is 13.3 Å². The molecule has 3 heteroatoms. The van der Waals surface area contributed by atoms with Crippen molar-refractivity contribution in [3.63, 3.8) is 0 Å². The molecule has 0 radical (unpaired) electrons. The lowest BCUT2D eigenvalue weighted by atomic mass is 10.1. The molecule has 0 saturated heterocycles. The van der Waals surface area contributed by atoms with Crippen LogP contribution in [0.3, 0.4) is 0 Å². The summed E-state index contributed by atoms with van der Waals surface area (Å²) >= 11 is 1.91. The number of benzene rings is 1. The normalized spacial score (nSPS) is 10.9. The van der Waals surface area contributed by atoms with E-state index < -0.39 is 0 Å². The maximum Gasteiger partial charge on any atom is 0.0410 e. The molecule has 0 saturated carbocycles. The van der Waals surface area contributed by atoms with Crippen LogP contribution in [-0.4, -0.2) is 10.7 Å². The highest BCUT2D eigenvalue weighted by Gasteiger charge is 2.05. The van der Waals surface area contributed by atoms with E-state index in [0.717, 1.165) is 22.5 Å². The minimum Gasteiger partial charge on any atom is -0.398 e.